The first kappa shape index (κ1) is 37.7. The SMILES string of the molecule is O=C1CCC(c2ccc(C#CCN3CCN(CC4CCC(n5cc(NC(=O)c6cnn7ccc(N8CCOCC8)nc67)c(C(F)F)n5)CC4)CC3)cc2)C(=O)N1. The summed E-state index contributed by atoms with van der Waals surface area (Å²) in [6, 6.07) is 9.53. The Morgan fingerprint density at radius 2 is 1.71 bits per heavy atom. The molecule has 56 heavy (non-hydrogen) atoms. The third-order valence-electron chi connectivity index (χ3n) is 11.4. The largest absolute Gasteiger partial charge is 0.378 e. The molecule has 4 fully saturated rings. The van der Waals surface area contributed by atoms with Crippen LogP contribution in [0.15, 0.2) is 48.9 Å². The smallest absolute Gasteiger partial charge is 0.284 e. The van der Waals surface area contributed by atoms with E-state index in [1.807, 2.05) is 30.3 Å². The summed E-state index contributed by atoms with van der Waals surface area (Å²) in [6.45, 7) is 8.07. The molecule has 3 aliphatic heterocycles. The number of piperidine rings is 1. The number of nitrogens with zero attached hydrogens (tertiary/aromatic N) is 8. The molecule has 0 radical (unpaired) electrons. The van der Waals surface area contributed by atoms with Crippen molar-refractivity contribution in [3.63, 3.8) is 0 Å². The van der Waals surface area contributed by atoms with Crippen LogP contribution < -0.4 is 15.5 Å². The highest BCUT2D eigenvalue weighted by atomic mass is 19.3. The molecule has 4 aliphatic rings. The number of hydrogen-bond donors (Lipinski definition) is 2. The highest BCUT2D eigenvalue weighted by molar-refractivity contribution is 6.08. The molecule has 8 rings (SSSR count). The number of imide groups is 1. The van der Waals surface area contributed by atoms with E-state index >= 15 is 0 Å². The second kappa shape index (κ2) is 16.9. The van der Waals surface area contributed by atoms with Crippen molar-refractivity contribution in [3.8, 4) is 11.8 Å². The first-order valence-electron chi connectivity index (χ1n) is 19.5. The van der Waals surface area contributed by atoms with Gasteiger partial charge < -0.3 is 19.9 Å². The van der Waals surface area contributed by atoms with E-state index in [-0.39, 0.29) is 35.0 Å². The number of fused-ring (bicyclic) bond motifs is 1. The number of amides is 3. The van der Waals surface area contributed by atoms with E-state index in [0.717, 1.165) is 69.5 Å². The number of halogens is 2. The molecule has 4 aromatic rings. The summed E-state index contributed by atoms with van der Waals surface area (Å²) in [4.78, 5) is 48.7. The molecule has 3 amide bonds. The summed E-state index contributed by atoms with van der Waals surface area (Å²) in [5.74, 6) is 6.45. The van der Waals surface area contributed by atoms with Gasteiger partial charge in [-0.05, 0) is 61.8 Å². The number of carbonyl (C=O) groups is 3. The van der Waals surface area contributed by atoms with Crippen LogP contribution in [-0.2, 0) is 14.3 Å². The van der Waals surface area contributed by atoms with Crippen LogP contribution in [0.5, 0.6) is 0 Å². The van der Waals surface area contributed by atoms with Crippen molar-refractivity contribution in [2.45, 2.75) is 56.9 Å². The van der Waals surface area contributed by atoms with Crippen LogP contribution in [0.4, 0.5) is 20.3 Å². The molecular weight excluding hydrogens is 723 g/mol. The third-order valence-corrected chi connectivity index (χ3v) is 11.4. The Morgan fingerprint density at radius 1 is 0.964 bits per heavy atom. The lowest BCUT2D eigenvalue weighted by molar-refractivity contribution is -0.134. The molecule has 3 saturated heterocycles. The summed E-state index contributed by atoms with van der Waals surface area (Å²) in [5.41, 5.74) is 1.90. The zero-order valence-corrected chi connectivity index (χ0v) is 31.2. The summed E-state index contributed by atoms with van der Waals surface area (Å²) >= 11 is 0. The topological polar surface area (TPSA) is 142 Å². The van der Waals surface area contributed by atoms with Gasteiger partial charge in [-0.3, -0.25) is 29.3 Å². The Hall–Kier alpha value is -5.24. The Balaban J connectivity index is 0.798. The van der Waals surface area contributed by atoms with Crippen molar-refractivity contribution in [3.05, 3.63) is 71.3 Å². The molecule has 2 N–H and O–H groups in total. The van der Waals surface area contributed by atoms with Crippen LogP contribution in [0.3, 0.4) is 0 Å². The summed E-state index contributed by atoms with van der Waals surface area (Å²) < 4.78 is 36.9. The first-order valence-corrected chi connectivity index (χ1v) is 19.5. The number of rotatable bonds is 9. The van der Waals surface area contributed by atoms with E-state index in [4.69, 9.17) is 4.74 Å². The van der Waals surface area contributed by atoms with Crippen molar-refractivity contribution in [1.82, 2.24) is 39.5 Å². The van der Waals surface area contributed by atoms with Crippen molar-refractivity contribution in [2.24, 2.45) is 5.92 Å². The van der Waals surface area contributed by atoms with Crippen molar-refractivity contribution in [1.29, 1.82) is 0 Å². The molecule has 1 atom stereocenters. The monoisotopic (exact) mass is 768 g/mol. The molecule has 16 heteroatoms. The van der Waals surface area contributed by atoms with Crippen molar-refractivity contribution in [2.75, 3.05) is 75.8 Å². The van der Waals surface area contributed by atoms with Gasteiger partial charge >= 0.3 is 0 Å². The lowest BCUT2D eigenvalue weighted by atomic mass is 9.85. The van der Waals surface area contributed by atoms with Gasteiger partial charge in [0.25, 0.3) is 12.3 Å². The van der Waals surface area contributed by atoms with Gasteiger partial charge in [0, 0.05) is 70.2 Å². The molecule has 294 valence electrons. The highest BCUT2D eigenvalue weighted by Crippen LogP contribution is 2.35. The first-order chi connectivity index (χ1) is 27.3. The zero-order valence-electron chi connectivity index (χ0n) is 31.2. The average Bonchev–Trinajstić information content (AvgIpc) is 3.84. The lowest BCUT2D eigenvalue weighted by Crippen LogP contribution is -2.48. The number of benzene rings is 1. The molecular formula is C40H46F2N10O4. The highest BCUT2D eigenvalue weighted by Gasteiger charge is 2.30. The van der Waals surface area contributed by atoms with Crippen LogP contribution >= 0.6 is 0 Å². The summed E-state index contributed by atoms with van der Waals surface area (Å²) in [6.07, 6.45) is 6.33. The number of ether oxygens (including phenoxy) is 1. The predicted molar refractivity (Wildman–Crippen MR) is 203 cm³/mol. The fraction of sp³-hybridized carbons (Fsp3) is 0.500. The van der Waals surface area contributed by atoms with Gasteiger partial charge in [-0.1, -0.05) is 24.0 Å². The normalized spacial score (nSPS) is 22.6. The quantitative estimate of drug-likeness (QED) is 0.191. The van der Waals surface area contributed by atoms with Gasteiger partial charge in [-0.25, -0.2) is 18.3 Å². The zero-order chi connectivity index (χ0) is 38.6. The molecule has 0 spiro atoms. The third kappa shape index (κ3) is 8.59. The maximum atomic E-state index is 14.2. The maximum absolute atomic E-state index is 14.2. The fourth-order valence-electron chi connectivity index (χ4n) is 8.18. The number of aromatic nitrogens is 5. The number of morpholine rings is 1. The van der Waals surface area contributed by atoms with Crippen molar-refractivity contribution < 1.29 is 27.9 Å². The standard InChI is InChI=1S/C40H46F2N10O4/c41-37(42)36-33(44-40(55)32-24-43-51-15-13-34(45-38(32)51)50-20-22-56-23-21-50)26-52(47-36)30-9-5-28(6-10-30)25-49-18-16-48(17-19-49)14-1-2-27-3-7-29(8-4-27)31-11-12-35(53)46-39(31)54/h3-4,7-8,13,15,24,26,28,30-31,37H,5-6,9-12,14,16-23,25H2,(H,44,55)(H,46,53,54). The van der Waals surface area contributed by atoms with Crippen LogP contribution in [-0.4, -0.2) is 117 Å². The molecule has 1 unspecified atom stereocenters. The fourth-order valence-corrected chi connectivity index (χ4v) is 8.18. The molecule has 0 bridgehead atoms. The van der Waals surface area contributed by atoms with E-state index in [9.17, 15) is 23.2 Å². The molecule has 1 aliphatic carbocycles. The van der Waals surface area contributed by atoms with Gasteiger partial charge in [0.05, 0.1) is 43.6 Å². The molecule has 1 saturated carbocycles. The van der Waals surface area contributed by atoms with Crippen LogP contribution in [0.25, 0.3) is 5.65 Å². The second-order valence-corrected chi connectivity index (χ2v) is 15.1. The summed E-state index contributed by atoms with van der Waals surface area (Å²) in [5, 5.41) is 13.6. The van der Waals surface area contributed by atoms with Crippen LogP contribution in [0.2, 0.25) is 0 Å². The Bertz CT molecular complexity index is 2100. The van der Waals surface area contributed by atoms with Gasteiger partial charge in [0.1, 0.15) is 11.4 Å². The number of carbonyl (C=O) groups excluding carboxylic acids is 3. The second-order valence-electron chi connectivity index (χ2n) is 15.1. The Kier molecular flexibility index (Phi) is 11.3. The molecule has 1 aromatic carbocycles. The number of nitrogens with one attached hydrogen (secondary N) is 2. The van der Waals surface area contributed by atoms with E-state index in [2.05, 4.69) is 52.4 Å². The number of piperazine rings is 1. The minimum atomic E-state index is -2.85. The molecule has 14 nitrogen and oxygen atoms in total. The van der Waals surface area contributed by atoms with Gasteiger partial charge in [0.2, 0.25) is 11.8 Å². The predicted octanol–water partition coefficient (Wildman–Crippen LogP) is 3.87. The number of anilines is 2. The van der Waals surface area contributed by atoms with E-state index in [1.54, 1.807) is 17.1 Å². The minimum absolute atomic E-state index is 0.000975. The lowest BCUT2D eigenvalue weighted by Gasteiger charge is -2.37. The Morgan fingerprint density at radius 3 is 2.45 bits per heavy atom. The van der Waals surface area contributed by atoms with Gasteiger partial charge in [-0.15, -0.1) is 0 Å². The van der Waals surface area contributed by atoms with Crippen LogP contribution in [0.1, 0.15) is 84.1 Å². The maximum Gasteiger partial charge on any atom is 0.284 e. The summed E-state index contributed by atoms with van der Waals surface area (Å²) in [7, 11) is 0. The minimum Gasteiger partial charge on any atom is -0.378 e. The van der Waals surface area contributed by atoms with E-state index in [0.29, 0.717) is 63.1 Å². The van der Waals surface area contributed by atoms with E-state index in [1.165, 1.54) is 10.7 Å². The number of alkyl halides is 2. The Labute approximate surface area is 323 Å². The molecule has 6 heterocycles. The van der Waals surface area contributed by atoms with E-state index < -0.39 is 18.0 Å². The molecule has 3 aromatic heterocycles. The number of hydrogen-bond acceptors (Lipinski definition) is 10. The van der Waals surface area contributed by atoms with Crippen molar-refractivity contribution >= 4 is 34.9 Å². The average molecular weight is 769 g/mol. The van der Waals surface area contributed by atoms with Gasteiger partial charge in [0.15, 0.2) is 11.3 Å². The van der Waals surface area contributed by atoms with Gasteiger partial charge in [-0.2, -0.15) is 10.2 Å². The van der Waals surface area contributed by atoms with Crippen LogP contribution in [0, 0.1) is 17.8 Å².